The van der Waals surface area contributed by atoms with Crippen molar-refractivity contribution < 1.29 is 10.3 Å². The average molecular weight is 237 g/mol. The molecule has 0 amide bonds. The molecule has 0 aliphatic rings. The Labute approximate surface area is 101 Å². The van der Waals surface area contributed by atoms with Crippen molar-refractivity contribution in [2.45, 2.75) is 25.9 Å². The summed E-state index contributed by atoms with van der Waals surface area (Å²) in [5, 5.41) is 23.9. The average Bonchev–Trinajstić information content (AvgIpc) is 2.36. The number of amidine groups is 1. The van der Waals surface area contributed by atoms with Gasteiger partial charge in [-0.05, 0) is 25.5 Å². The molecule has 17 heavy (non-hydrogen) atoms. The third kappa shape index (κ3) is 4.05. The van der Waals surface area contributed by atoms with E-state index >= 15 is 0 Å². The number of hydrogen-bond acceptors (Lipinski definition) is 4. The summed E-state index contributed by atoms with van der Waals surface area (Å²) in [5.74, 6) is 0.0910. The Kier molecular flexibility index (Phi) is 4.48. The van der Waals surface area contributed by atoms with E-state index in [2.05, 4.69) is 10.5 Å². The fraction of sp³-hybridized carbons (Fsp3) is 0.417. The van der Waals surface area contributed by atoms with Crippen LogP contribution in [0.3, 0.4) is 0 Å². The molecule has 0 saturated carbocycles. The molecule has 0 spiro atoms. The van der Waals surface area contributed by atoms with Crippen molar-refractivity contribution >= 4 is 5.84 Å². The standard InChI is InChI=1S/C12H19N3O2/c1-12(2,8-16)14-7-9-4-3-5-10(6-9)11(13)15-17/h3-6,14,16-17H,7-8H2,1-2H3,(H2,13,15). The highest BCUT2D eigenvalue weighted by atomic mass is 16.4. The first-order valence-electron chi connectivity index (χ1n) is 5.41. The largest absolute Gasteiger partial charge is 0.409 e. The molecule has 1 aromatic rings. The van der Waals surface area contributed by atoms with Crippen LogP contribution in [-0.2, 0) is 6.54 Å². The fourth-order valence-corrected chi connectivity index (χ4v) is 1.30. The van der Waals surface area contributed by atoms with Crippen LogP contribution in [0.2, 0.25) is 0 Å². The first-order valence-corrected chi connectivity index (χ1v) is 5.41. The molecule has 0 radical (unpaired) electrons. The Morgan fingerprint density at radius 3 is 2.76 bits per heavy atom. The predicted octanol–water partition coefficient (Wildman–Crippen LogP) is 0.642. The number of benzene rings is 1. The van der Waals surface area contributed by atoms with Crippen LogP contribution < -0.4 is 11.1 Å². The smallest absolute Gasteiger partial charge is 0.170 e. The molecule has 0 saturated heterocycles. The lowest BCUT2D eigenvalue weighted by atomic mass is 10.1. The van der Waals surface area contributed by atoms with E-state index in [4.69, 9.17) is 16.0 Å². The fourth-order valence-electron chi connectivity index (χ4n) is 1.30. The molecule has 5 N–H and O–H groups in total. The zero-order chi connectivity index (χ0) is 12.9. The van der Waals surface area contributed by atoms with Gasteiger partial charge in [-0.15, -0.1) is 0 Å². The maximum Gasteiger partial charge on any atom is 0.170 e. The van der Waals surface area contributed by atoms with Crippen LogP contribution in [0.5, 0.6) is 0 Å². The summed E-state index contributed by atoms with van der Waals surface area (Å²) in [6, 6.07) is 7.40. The molecule has 0 bridgehead atoms. The number of nitrogens with zero attached hydrogens (tertiary/aromatic N) is 1. The van der Waals surface area contributed by atoms with E-state index < -0.39 is 0 Å². The zero-order valence-electron chi connectivity index (χ0n) is 10.1. The van der Waals surface area contributed by atoms with Gasteiger partial charge < -0.3 is 21.4 Å². The van der Waals surface area contributed by atoms with Gasteiger partial charge >= 0.3 is 0 Å². The van der Waals surface area contributed by atoms with E-state index in [-0.39, 0.29) is 18.0 Å². The van der Waals surface area contributed by atoms with Gasteiger partial charge in [-0.25, -0.2) is 0 Å². The molecule has 0 fully saturated rings. The summed E-state index contributed by atoms with van der Waals surface area (Å²) in [7, 11) is 0. The summed E-state index contributed by atoms with van der Waals surface area (Å²) >= 11 is 0. The van der Waals surface area contributed by atoms with Gasteiger partial charge in [0.25, 0.3) is 0 Å². The molecule has 0 aliphatic heterocycles. The van der Waals surface area contributed by atoms with Crippen molar-refractivity contribution in [1.82, 2.24) is 5.32 Å². The Morgan fingerprint density at radius 1 is 1.47 bits per heavy atom. The van der Waals surface area contributed by atoms with E-state index in [9.17, 15) is 0 Å². The summed E-state index contributed by atoms with van der Waals surface area (Å²) < 4.78 is 0. The number of aliphatic hydroxyl groups excluding tert-OH is 1. The van der Waals surface area contributed by atoms with Crippen molar-refractivity contribution in [3.63, 3.8) is 0 Å². The molecule has 0 aromatic heterocycles. The summed E-state index contributed by atoms with van der Waals surface area (Å²) in [4.78, 5) is 0. The van der Waals surface area contributed by atoms with E-state index in [0.717, 1.165) is 5.56 Å². The first kappa shape index (κ1) is 13.5. The number of nitrogens with one attached hydrogen (secondary N) is 1. The van der Waals surface area contributed by atoms with Gasteiger partial charge in [-0.2, -0.15) is 0 Å². The molecule has 5 nitrogen and oxygen atoms in total. The van der Waals surface area contributed by atoms with E-state index in [1.165, 1.54) is 0 Å². The third-order valence-electron chi connectivity index (χ3n) is 2.50. The number of rotatable bonds is 5. The molecule has 0 heterocycles. The Morgan fingerprint density at radius 2 is 2.18 bits per heavy atom. The zero-order valence-corrected chi connectivity index (χ0v) is 10.1. The summed E-state index contributed by atoms with van der Waals surface area (Å²) in [5.41, 5.74) is 6.87. The van der Waals surface area contributed by atoms with Crippen molar-refractivity contribution in [2.75, 3.05) is 6.61 Å². The minimum absolute atomic E-state index is 0.0624. The third-order valence-corrected chi connectivity index (χ3v) is 2.50. The van der Waals surface area contributed by atoms with Crippen molar-refractivity contribution in [2.24, 2.45) is 10.9 Å². The lowest BCUT2D eigenvalue weighted by molar-refractivity contribution is 0.187. The van der Waals surface area contributed by atoms with Crippen LogP contribution in [0.4, 0.5) is 0 Å². The second kappa shape index (κ2) is 5.65. The highest BCUT2D eigenvalue weighted by Crippen LogP contribution is 2.07. The highest BCUT2D eigenvalue weighted by molar-refractivity contribution is 5.97. The second-order valence-corrected chi connectivity index (χ2v) is 4.58. The maximum atomic E-state index is 9.12. The SMILES string of the molecule is CC(C)(CO)NCc1cccc(C(N)=NO)c1. The maximum absolute atomic E-state index is 9.12. The summed E-state index contributed by atoms with van der Waals surface area (Å²) in [6.07, 6.45) is 0. The van der Waals surface area contributed by atoms with Crippen LogP contribution in [0.25, 0.3) is 0 Å². The van der Waals surface area contributed by atoms with Crippen LogP contribution in [0, 0.1) is 0 Å². The minimum atomic E-state index is -0.327. The molecule has 1 rings (SSSR count). The molecular weight excluding hydrogens is 218 g/mol. The number of hydrogen-bond donors (Lipinski definition) is 4. The Hall–Kier alpha value is -1.59. The molecule has 1 aromatic carbocycles. The second-order valence-electron chi connectivity index (χ2n) is 4.58. The first-order chi connectivity index (χ1) is 7.98. The quantitative estimate of drug-likeness (QED) is 0.262. The van der Waals surface area contributed by atoms with Crippen molar-refractivity contribution in [3.8, 4) is 0 Å². The van der Waals surface area contributed by atoms with Gasteiger partial charge in [-0.1, -0.05) is 23.4 Å². The Balaban J connectivity index is 2.73. The van der Waals surface area contributed by atoms with Gasteiger partial charge in [0.2, 0.25) is 0 Å². The van der Waals surface area contributed by atoms with Crippen LogP contribution in [0.15, 0.2) is 29.4 Å². The normalized spacial score (nSPS) is 12.8. The van der Waals surface area contributed by atoms with Gasteiger partial charge in [0.1, 0.15) is 0 Å². The van der Waals surface area contributed by atoms with Crippen molar-refractivity contribution in [3.05, 3.63) is 35.4 Å². The van der Waals surface area contributed by atoms with E-state index in [1.54, 1.807) is 6.07 Å². The highest BCUT2D eigenvalue weighted by Gasteiger charge is 2.14. The van der Waals surface area contributed by atoms with Crippen molar-refractivity contribution in [1.29, 1.82) is 0 Å². The topological polar surface area (TPSA) is 90.9 Å². The molecule has 5 heteroatoms. The number of oxime groups is 1. The lowest BCUT2D eigenvalue weighted by Gasteiger charge is -2.23. The monoisotopic (exact) mass is 237 g/mol. The molecule has 94 valence electrons. The van der Waals surface area contributed by atoms with Crippen LogP contribution >= 0.6 is 0 Å². The van der Waals surface area contributed by atoms with E-state index in [1.807, 2.05) is 32.0 Å². The van der Waals surface area contributed by atoms with Gasteiger partial charge in [0, 0.05) is 17.6 Å². The predicted molar refractivity (Wildman–Crippen MR) is 67.0 cm³/mol. The minimum Gasteiger partial charge on any atom is -0.409 e. The van der Waals surface area contributed by atoms with E-state index in [0.29, 0.717) is 12.1 Å². The molecule has 0 aliphatic carbocycles. The van der Waals surface area contributed by atoms with Gasteiger partial charge in [0.05, 0.1) is 6.61 Å². The van der Waals surface area contributed by atoms with Crippen LogP contribution in [0.1, 0.15) is 25.0 Å². The number of nitrogens with two attached hydrogens (primary N) is 1. The van der Waals surface area contributed by atoms with Gasteiger partial charge in [-0.3, -0.25) is 0 Å². The van der Waals surface area contributed by atoms with Gasteiger partial charge in [0.15, 0.2) is 5.84 Å². The lowest BCUT2D eigenvalue weighted by Crippen LogP contribution is -2.42. The molecule has 0 unspecified atom stereocenters. The van der Waals surface area contributed by atoms with Crippen LogP contribution in [-0.4, -0.2) is 28.3 Å². The number of aliphatic hydroxyl groups is 1. The molecule has 0 atom stereocenters. The molecular formula is C12H19N3O2. The summed E-state index contributed by atoms with van der Waals surface area (Å²) in [6.45, 7) is 4.51. The Bertz CT molecular complexity index is 402.